The van der Waals surface area contributed by atoms with Gasteiger partial charge < -0.3 is 4.42 Å². The molecule has 0 amide bonds. The van der Waals surface area contributed by atoms with Gasteiger partial charge >= 0.3 is 6.18 Å². The number of hydrogen-bond acceptors (Lipinski definition) is 3. The summed E-state index contributed by atoms with van der Waals surface area (Å²) in [5.74, 6) is 5.67. The molecule has 0 aliphatic heterocycles. The van der Waals surface area contributed by atoms with Crippen molar-refractivity contribution in [3.63, 3.8) is 0 Å². The van der Waals surface area contributed by atoms with Crippen molar-refractivity contribution >= 4 is 10.0 Å². The fourth-order valence-corrected chi connectivity index (χ4v) is 3.57. The Kier molecular flexibility index (Phi) is 5.82. The lowest BCUT2D eigenvalue weighted by Crippen LogP contribution is -2.27. The molecule has 1 heterocycles. The molecule has 0 aliphatic rings. The van der Waals surface area contributed by atoms with Gasteiger partial charge in [-0.2, -0.15) is 17.9 Å². The van der Waals surface area contributed by atoms with E-state index in [0.717, 1.165) is 17.7 Å². The van der Waals surface area contributed by atoms with Crippen molar-refractivity contribution < 1.29 is 26.0 Å². The van der Waals surface area contributed by atoms with Crippen molar-refractivity contribution in [2.75, 3.05) is 0 Å². The molecule has 150 valence electrons. The van der Waals surface area contributed by atoms with Crippen LogP contribution in [0.1, 0.15) is 28.5 Å². The molecule has 1 atom stereocenters. The fraction of sp³-hybridized carbons (Fsp3) is 0.143. The number of furan rings is 1. The Morgan fingerprint density at radius 3 is 2.21 bits per heavy atom. The molecule has 0 aliphatic carbocycles. The molecule has 4 nitrogen and oxygen atoms in total. The summed E-state index contributed by atoms with van der Waals surface area (Å²) in [6.07, 6.45) is -3.06. The summed E-state index contributed by atoms with van der Waals surface area (Å²) in [6.45, 7) is 1.84. The maximum absolute atomic E-state index is 12.7. The highest BCUT2D eigenvalue weighted by molar-refractivity contribution is 7.89. The van der Waals surface area contributed by atoms with E-state index in [1.807, 2.05) is 6.92 Å². The second kappa shape index (κ2) is 8.15. The summed E-state index contributed by atoms with van der Waals surface area (Å²) in [4.78, 5) is 0.0657. The van der Waals surface area contributed by atoms with E-state index in [9.17, 15) is 21.6 Å². The van der Waals surface area contributed by atoms with Crippen molar-refractivity contribution in [2.45, 2.75) is 24.0 Å². The molecule has 3 aromatic rings. The maximum Gasteiger partial charge on any atom is 0.416 e. The Balaban J connectivity index is 1.88. The third-order valence-corrected chi connectivity index (χ3v) is 5.44. The first-order chi connectivity index (χ1) is 13.6. The number of halogens is 3. The first-order valence-electron chi connectivity index (χ1n) is 8.46. The molecular formula is C21H16F3NO3S. The lowest BCUT2D eigenvalue weighted by atomic mass is 10.1. The highest BCUT2D eigenvalue weighted by Gasteiger charge is 2.29. The average molecular weight is 419 g/mol. The molecule has 1 aromatic heterocycles. The van der Waals surface area contributed by atoms with Crippen LogP contribution in [-0.2, 0) is 16.2 Å². The molecule has 0 radical (unpaired) electrons. The van der Waals surface area contributed by atoms with Gasteiger partial charge in [-0.15, -0.1) is 0 Å². The predicted molar refractivity (Wildman–Crippen MR) is 101 cm³/mol. The zero-order valence-corrected chi connectivity index (χ0v) is 16.0. The van der Waals surface area contributed by atoms with Crippen LogP contribution in [-0.4, -0.2) is 8.42 Å². The van der Waals surface area contributed by atoms with Gasteiger partial charge in [0.05, 0.1) is 16.7 Å². The highest BCUT2D eigenvalue weighted by Crippen LogP contribution is 2.29. The smallest absolute Gasteiger partial charge is 0.416 e. The number of hydrogen-bond donors (Lipinski definition) is 1. The minimum absolute atomic E-state index is 0.0657. The molecule has 0 saturated carbocycles. The minimum Gasteiger partial charge on any atom is -0.467 e. The van der Waals surface area contributed by atoms with Crippen LogP contribution in [0.2, 0.25) is 0 Å². The van der Waals surface area contributed by atoms with Gasteiger partial charge in [-0.3, -0.25) is 0 Å². The Morgan fingerprint density at radius 2 is 1.66 bits per heavy atom. The lowest BCUT2D eigenvalue weighted by Gasteiger charge is -2.12. The normalized spacial score (nSPS) is 12.8. The number of nitrogens with one attached hydrogen (secondary N) is 1. The second-order valence-corrected chi connectivity index (χ2v) is 7.94. The average Bonchev–Trinajstić information content (AvgIpc) is 3.20. The molecule has 8 heteroatoms. The second-order valence-electron chi connectivity index (χ2n) is 6.23. The standard InChI is InChI=1S/C21H16F3NO3S/c1-15-4-11-18(12-5-15)29(26,27)25-19(20-3-2-14-28-20)13-8-16-6-9-17(10-7-16)21(22,23)24/h2-7,9-12,14,19,25H,1H3. The van der Waals surface area contributed by atoms with E-state index in [-0.39, 0.29) is 10.7 Å². The number of benzene rings is 2. The van der Waals surface area contributed by atoms with E-state index in [0.29, 0.717) is 5.56 Å². The summed E-state index contributed by atoms with van der Waals surface area (Å²) >= 11 is 0. The van der Waals surface area contributed by atoms with Gasteiger partial charge in [0.15, 0.2) is 0 Å². The molecule has 1 unspecified atom stereocenters. The SMILES string of the molecule is Cc1ccc(S(=O)(=O)NC(C#Cc2ccc(C(F)(F)F)cc2)c2ccco2)cc1. The van der Waals surface area contributed by atoms with Gasteiger partial charge in [-0.05, 0) is 55.5 Å². The first kappa shape index (κ1) is 20.7. The summed E-state index contributed by atoms with van der Waals surface area (Å²) in [6, 6.07) is 12.7. The maximum atomic E-state index is 12.7. The topological polar surface area (TPSA) is 59.3 Å². The monoisotopic (exact) mass is 419 g/mol. The van der Waals surface area contributed by atoms with Gasteiger partial charge in [0.1, 0.15) is 11.8 Å². The van der Waals surface area contributed by atoms with Crippen molar-refractivity contribution in [2.24, 2.45) is 0 Å². The third-order valence-electron chi connectivity index (χ3n) is 4.01. The van der Waals surface area contributed by atoms with Gasteiger partial charge in [0.25, 0.3) is 0 Å². The van der Waals surface area contributed by atoms with Gasteiger partial charge in [0, 0.05) is 5.56 Å². The van der Waals surface area contributed by atoms with Crippen LogP contribution in [0.4, 0.5) is 13.2 Å². The summed E-state index contributed by atoms with van der Waals surface area (Å²) in [5.41, 5.74) is 0.434. The van der Waals surface area contributed by atoms with Crippen molar-refractivity contribution in [3.8, 4) is 11.8 Å². The largest absolute Gasteiger partial charge is 0.467 e. The van der Waals surface area contributed by atoms with Crippen LogP contribution < -0.4 is 4.72 Å². The van der Waals surface area contributed by atoms with Crippen LogP contribution >= 0.6 is 0 Å². The Labute approximate surface area is 166 Å². The Morgan fingerprint density at radius 1 is 1.00 bits per heavy atom. The molecule has 0 fully saturated rings. The zero-order chi connectivity index (χ0) is 21.1. The van der Waals surface area contributed by atoms with Crippen molar-refractivity contribution in [1.29, 1.82) is 0 Å². The molecule has 29 heavy (non-hydrogen) atoms. The molecular weight excluding hydrogens is 403 g/mol. The Hall–Kier alpha value is -3.02. The van der Waals surface area contributed by atoms with Crippen molar-refractivity contribution in [3.05, 3.63) is 89.4 Å². The molecule has 0 spiro atoms. The summed E-state index contributed by atoms with van der Waals surface area (Å²) < 4.78 is 71.1. The minimum atomic E-state index is -4.44. The molecule has 1 N–H and O–H groups in total. The van der Waals surface area contributed by atoms with Crippen LogP contribution in [0.3, 0.4) is 0 Å². The number of aryl methyl sites for hydroxylation is 1. The summed E-state index contributed by atoms with van der Waals surface area (Å²) in [7, 11) is -3.89. The fourth-order valence-electron chi connectivity index (χ4n) is 2.45. The van der Waals surface area contributed by atoms with E-state index in [4.69, 9.17) is 4.42 Å². The molecule has 3 rings (SSSR count). The van der Waals surface area contributed by atoms with Crippen LogP contribution in [0.25, 0.3) is 0 Å². The number of sulfonamides is 1. The van der Waals surface area contributed by atoms with Crippen LogP contribution in [0.15, 0.2) is 76.2 Å². The highest BCUT2D eigenvalue weighted by atomic mass is 32.2. The summed E-state index contributed by atoms with van der Waals surface area (Å²) in [5, 5.41) is 0. The van der Waals surface area contributed by atoms with E-state index < -0.39 is 27.8 Å². The lowest BCUT2D eigenvalue weighted by molar-refractivity contribution is -0.137. The zero-order valence-electron chi connectivity index (χ0n) is 15.2. The number of alkyl halides is 3. The third kappa shape index (κ3) is 5.28. The van der Waals surface area contributed by atoms with Crippen molar-refractivity contribution in [1.82, 2.24) is 4.72 Å². The van der Waals surface area contributed by atoms with E-state index in [2.05, 4.69) is 16.6 Å². The molecule has 0 bridgehead atoms. The van der Waals surface area contributed by atoms with E-state index in [1.54, 1.807) is 24.3 Å². The quantitative estimate of drug-likeness (QED) is 0.625. The van der Waals surface area contributed by atoms with Gasteiger partial charge in [0.2, 0.25) is 10.0 Å². The van der Waals surface area contributed by atoms with E-state index in [1.165, 1.54) is 30.5 Å². The van der Waals surface area contributed by atoms with Crippen LogP contribution in [0.5, 0.6) is 0 Å². The first-order valence-corrected chi connectivity index (χ1v) is 9.95. The van der Waals surface area contributed by atoms with Gasteiger partial charge in [-0.1, -0.05) is 29.5 Å². The van der Waals surface area contributed by atoms with Gasteiger partial charge in [-0.25, -0.2) is 8.42 Å². The van der Waals surface area contributed by atoms with E-state index >= 15 is 0 Å². The van der Waals surface area contributed by atoms with Crippen LogP contribution in [0, 0.1) is 18.8 Å². The molecule has 0 saturated heterocycles. The Bertz CT molecular complexity index is 1120. The number of rotatable bonds is 4. The molecule has 2 aromatic carbocycles. The predicted octanol–water partition coefficient (Wildman–Crippen LogP) is 4.68.